The minimum Gasteiger partial charge on any atom is -0.392 e. The number of aliphatic hydroxyl groups excluding tert-OH is 1. The van der Waals surface area contributed by atoms with E-state index >= 15 is 0 Å². The molecule has 0 saturated carbocycles. The molecule has 0 radical (unpaired) electrons. The molecule has 3 nitrogen and oxygen atoms in total. The van der Waals surface area contributed by atoms with Gasteiger partial charge in [-0.15, -0.1) is 23.1 Å². The summed E-state index contributed by atoms with van der Waals surface area (Å²) in [6.07, 6.45) is 1.95. The van der Waals surface area contributed by atoms with Crippen LogP contribution < -0.4 is 5.32 Å². The molecule has 2 rings (SSSR count). The number of amides is 1. The predicted molar refractivity (Wildman–Crippen MR) is 76.4 cm³/mol. The first-order valence-electron chi connectivity index (χ1n) is 5.37. The lowest BCUT2D eigenvalue weighted by Crippen LogP contribution is -2.11. The first-order valence-corrected chi connectivity index (χ1v) is 7.47. The molecule has 0 unspecified atom stereocenters. The summed E-state index contributed by atoms with van der Waals surface area (Å²) < 4.78 is 0. The van der Waals surface area contributed by atoms with Crippen LogP contribution in [0.5, 0.6) is 0 Å². The SMILES string of the molecule is CSc1ccsc1C(=O)Nc1cccc(CO)c1. The normalized spacial score (nSPS) is 10.3. The minimum absolute atomic E-state index is 0.0290. The van der Waals surface area contributed by atoms with E-state index < -0.39 is 0 Å². The second-order valence-corrected chi connectivity index (χ2v) is 5.39. The van der Waals surface area contributed by atoms with Crippen LogP contribution in [0.3, 0.4) is 0 Å². The highest BCUT2D eigenvalue weighted by molar-refractivity contribution is 7.98. The van der Waals surface area contributed by atoms with Crippen LogP contribution in [0.15, 0.2) is 40.6 Å². The van der Waals surface area contributed by atoms with Gasteiger partial charge in [-0.25, -0.2) is 0 Å². The zero-order valence-corrected chi connectivity index (χ0v) is 11.5. The second-order valence-electron chi connectivity index (χ2n) is 3.63. The standard InChI is InChI=1S/C13H13NO2S2/c1-17-11-5-6-18-12(11)13(16)14-10-4-2-3-9(7-10)8-15/h2-7,15H,8H2,1H3,(H,14,16). The number of hydrogen-bond acceptors (Lipinski definition) is 4. The van der Waals surface area contributed by atoms with E-state index in [0.717, 1.165) is 15.3 Å². The number of carbonyl (C=O) groups excluding carboxylic acids is 1. The smallest absolute Gasteiger partial charge is 0.266 e. The van der Waals surface area contributed by atoms with Crippen molar-refractivity contribution in [2.24, 2.45) is 0 Å². The largest absolute Gasteiger partial charge is 0.392 e. The summed E-state index contributed by atoms with van der Waals surface area (Å²) in [6, 6.07) is 9.14. The molecule has 0 aliphatic heterocycles. The number of thiophene rings is 1. The first kappa shape index (κ1) is 13.1. The van der Waals surface area contributed by atoms with Gasteiger partial charge in [-0.2, -0.15) is 0 Å². The summed E-state index contributed by atoms with van der Waals surface area (Å²) in [5.41, 5.74) is 1.48. The van der Waals surface area contributed by atoms with Crippen molar-refractivity contribution >= 4 is 34.7 Å². The quantitative estimate of drug-likeness (QED) is 0.845. The molecule has 1 aromatic carbocycles. The molecule has 5 heteroatoms. The van der Waals surface area contributed by atoms with E-state index in [0.29, 0.717) is 5.69 Å². The van der Waals surface area contributed by atoms with Crippen molar-refractivity contribution in [2.45, 2.75) is 11.5 Å². The van der Waals surface area contributed by atoms with E-state index in [9.17, 15) is 4.79 Å². The number of hydrogen-bond donors (Lipinski definition) is 2. The number of anilines is 1. The topological polar surface area (TPSA) is 49.3 Å². The van der Waals surface area contributed by atoms with Crippen molar-refractivity contribution in [3.8, 4) is 0 Å². The van der Waals surface area contributed by atoms with Crippen molar-refractivity contribution < 1.29 is 9.90 Å². The number of benzene rings is 1. The Morgan fingerprint density at radius 3 is 3.00 bits per heavy atom. The lowest BCUT2D eigenvalue weighted by atomic mass is 10.2. The van der Waals surface area contributed by atoms with Crippen LogP contribution in [-0.4, -0.2) is 17.3 Å². The molecule has 94 valence electrons. The lowest BCUT2D eigenvalue weighted by Gasteiger charge is -2.06. The zero-order valence-electron chi connectivity index (χ0n) is 9.84. The summed E-state index contributed by atoms with van der Waals surface area (Å²) in [7, 11) is 0. The monoisotopic (exact) mass is 279 g/mol. The molecular formula is C13H13NO2S2. The van der Waals surface area contributed by atoms with Crippen LogP contribution in [0, 0.1) is 0 Å². The Labute approximate surface area is 114 Å². The number of aliphatic hydroxyl groups is 1. The molecule has 1 heterocycles. The highest BCUT2D eigenvalue weighted by atomic mass is 32.2. The Balaban J connectivity index is 2.16. The van der Waals surface area contributed by atoms with E-state index in [4.69, 9.17) is 5.11 Å². The third-order valence-corrected chi connectivity index (χ3v) is 4.25. The third kappa shape index (κ3) is 2.93. The van der Waals surface area contributed by atoms with E-state index in [1.807, 2.05) is 35.9 Å². The minimum atomic E-state index is -0.107. The van der Waals surface area contributed by atoms with Crippen LogP contribution in [0.25, 0.3) is 0 Å². The highest BCUT2D eigenvalue weighted by Gasteiger charge is 2.12. The average Bonchev–Trinajstić information content (AvgIpc) is 2.87. The molecule has 0 fully saturated rings. The molecule has 2 aromatic rings. The van der Waals surface area contributed by atoms with Gasteiger partial charge < -0.3 is 10.4 Å². The van der Waals surface area contributed by atoms with E-state index in [2.05, 4.69) is 5.32 Å². The predicted octanol–water partition coefficient (Wildman–Crippen LogP) is 3.21. The first-order chi connectivity index (χ1) is 8.74. The Hall–Kier alpha value is -1.30. The fourth-order valence-corrected chi connectivity index (χ4v) is 3.20. The van der Waals surface area contributed by atoms with Gasteiger partial charge in [-0.05, 0) is 35.4 Å². The van der Waals surface area contributed by atoms with Crippen molar-refractivity contribution in [1.82, 2.24) is 0 Å². The van der Waals surface area contributed by atoms with Crippen molar-refractivity contribution in [1.29, 1.82) is 0 Å². The molecule has 0 aliphatic carbocycles. The fourth-order valence-electron chi connectivity index (χ4n) is 1.56. The molecule has 0 aliphatic rings. The molecule has 0 saturated heterocycles. The van der Waals surface area contributed by atoms with E-state index in [-0.39, 0.29) is 12.5 Å². The summed E-state index contributed by atoms with van der Waals surface area (Å²) in [4.78, 5) is 13.8. The average molecular weight is 279 g/mol. The van der Waals surface area contributed by atoms with Crippen LogP contribution in [0.2, 0.25) is 0 Å². The maximum Gasteiger partial charge on any atom is 0.266 e. The van der Waals surface area contributed by atoms with Crippen LogP contribution in [0.4, 0.5) is 5.69 Å². The number of rotatable bonds is 4. The summed E-state index contributed by atoms with van der Waals surface area (Å²) >= 11 is 2.99. The summed E-state index contributed by atoms with van der Waals surface area (Å²) in [5.74, 6) is -0.107. The Bertz CT molecular complexity index is 551. The lowest BCUT2D eigenvalue weighted by molar-refractivity contribution is 0.102. The molecule has 1 aromatic heterocycles. The Morgan fingerprint density at radius 1 is 1.44 bits per heavy atom. The highest BCUT2D eigenvalue weighted by Crippen LogP contribution is 2.26. The van der Waals surface area contributed by atoms with Gasteiger partial charge in [0, 0.05) is 10.6 Å². The zero-order chi connectivity index (χ0) is 13.0. The van der Waals surface area contributed by atoms with Gasteiger partial charge in [0.1, 0.15) is 4.88 Å². The van der Waals surface area contributed by atoms with Gasteiger partial charge in [0.25, 0.3) is 5.91 Å². The van der Waals surface area contributed by atoms with Crippen LogP contribution in [0.1, 0.15) is 15.2 Å². The fraction of sp³-hybridized carbons (Fsp3) is 0.154. The molecular weight excluding hydrogens is 266 g/mol. The number of carbonyl (C=O) groups is 1. The summed E-state index contributed by atoms with van der Waals surface area (Å²) in [6.45, 7) is -0.0290. The van der Waals surface area contributed by atoms with Gasteiger partial charge in [-0.1, -0.05) is 12.1 Å². The molecule has 2 N–H and O–H groups in total. The van der Waals surface area contributed by atoms with Crippen molar-refractivity contribution in [3.63, 3.8) is 0 Å². The second kappa shape index (κ2) is 6.04. The maximum atomic E-state index is 12.1. The Kier molecular flexibility index (Phi) is 4.41. The van der Waals surface area contributed by atoms with Crippen LogP contribution in [-0.2, 0) is 6.61 Å². The molecule has 18 heavy (non-hydrogen) atoms. The Morgan fingerprint density at radius 2 is 2.28 bits per heavy atom. The third-order valence-electron chi connectivity index (χ3n) is 2.42. The van der Waals surface area contributed by atoms with Crippen molar-refractivity contribution in [2.75, 3.05) is 11.6 Å². The molecule has 0 spiro atoms. The number of nitrogens with one attached hydrogen (secondary N) is 1. The summed E-state index contributed by atoms with van der Waals surface area (Å²) in [5, 5.41) is 13.8. The maximum absolute atomic E-state index is 12.1. The van der Waals surface area contributed by atoms with Gasteiger partial charge in [-0.3, -0.25) is 4.79 Å². The van der Waals surface area contributed by atoms with E-state index in [1.54, 1.807) is 17.8 Å². The molecule has 0 bridgehead atoms. The molecule has 1 amide bonds. The van der Waals surface area contributed by atoms with Gasteiger partial charge in [0.05, 0.1) is 6.61 Å². The van der Waals surface area contributed by atoms with Gasteiger partial charge >= 0.3 is 0 Å². The number of thioether (sulfide) groups is 1. The van der Waals surface area contributed by atoms with Crippen molar-refractivity contribution in [3.05, 3.63) is 46.2 Å². The molecule has 0 atom stereocenters. The van der Waals surface area contributed by atoms with Gasteiger partial charge in [0.2, 0.25) is 0 Å². The van der Waals surface area contributed by atoms with E-state index in [1.165, 1.54) is 11.3 Å². The van der Waals surface area contributed by atoms with Gasteiger partial charge in [0.15, 0.2) is 0 Å². The van der Waals surface area contributed by atoms with Crippen LogP contribution >= 0.6 is 23.1 Å².